The molecule has 0 spiro atoms. The van der Waals surface area contributed by atoms with Crippen molar-refractivity contribution in [2.45, 2.75) is 0 Å². The summed E-state index contributed by atoms with van der Waals surface area (Å²) >= 11 is 0. The summed E-state index contributed by atoms with van der Waals surface area (Å²) in [5.74, 6) is -0.199. The van der Waals surface area contributed by atoms with Gasteiger partial charge in [-0.05, 0) is 23.8 Å². The number of hydrogen-bond donors (Lipinski definition) is 2. The van der Waals surface area contributed by atoms with Crippen molar-refractivity contribution in [1.82, 2.24) is 0 Å². The Morgan fingerprint density at radius 1 is 1.26 bits per heavy atom. The molecule has 0 atom stereocenters. The number of carbonyl (C=O) groups excluding carboxylic acids is 1. The minimum Gasteiger partial charge on any atom is -0.502 e. The zero-order valence-electron chi connectivity index (χ0n) is 10.8. The van der Waals surface area contributed by atoms with E-state index in [0.717, 1.165) is 0 Å². The number of carbonyl (C=O) groups is 1. The van der Waals surface area contributed by atoms with E-state index in [4.69, 9.17) is 14.6 Å². The highest BCUT2D eigenvalue weighted by Crippen LogP contribution is 2.37. The topological polar surface area (TPSA) is 85.2 Å². The number of esters is 1. The maximum Gasteiger partial charge on any atom is 0.330 e. The SMILES string of the molecule is COc1cc(/C=C/C(=O)OCCO)cc(OC)c1O. The van der Waals surface area contributed by atoms with Gasteiger partial charge in [-0.25, -0.2) is 4.79 Å². The maximum absolute atomic E-state index is 11.2. The Bertz CT molecular complexity index is 441. The molecule has 0 bridgehead atoms. The highest BCUT2D eigenvalue weighted by molar-refractivity contribution is 5.87. The van der Waals surface area contributed by atoms with Gasteiger partial charge in [-0.15, -0.1) is 0 Å². The summed E-state index contributed by atoms with van der Waals surface area (Å²) in [6, 6.07) is 3.10. The second kappa shape index (κ2) is 7.27. The Balaban J connectivity index is 2.89. The smallest absolute Gasteiger partial charge is 0.330 e. The van der Waals surface area contributed by atoms with Crippen molar-refractivity contribution >= 4 is 12.0 Å². The van der Waals surface area contributed by atoms with Gasteiger partial charge < -0.3 is 24.4 Å². The van der Waals surface area contributed by atoms with Crippen LogP contribution in [0.2, 0.25) is 0 Å². The van der Waals surface area contributed by atoms with Crippen molar-refractivity contribution in [3.05, 3.63) is 23.8 Å². The van der Waals surface area contributed by atoms with Crippen LogP contribution in [0.4, 0.5) is 0 Å². The first kappa shape index (κ1) is 14.8. The summed E-state index contributed by atoms with van der Waals surface area (Å²) in [7, 11) is 2.83. The standard InChI is InChI=1S/C13H16O6/c1-17-10-7-9(8-11(18-2)13(10)16)3-4-12(15)19-6-5-14/h3-4,7-8,14,16H,5-6H2,1-2H3/b4-3+. The Morgan fingerprint density at radius 3 is 2.32 bits per heavy atom. The molecule has 6 nitrogen and oxygen atoms in total. The van der Waals surface area contributed by atoms with Crippen LogP contribution in [0.5, 0.6) is 17.2 Å². The van der Waals surface area contributed by atoms with Crippen LogP contribution in [0.3, 0.4) is 0 Å². The Hall–Kier alpha value is -2.21. The van der Waals surface area contributed by atoms with Crippen LogP contribution in [0.1, 0.15) is 5.56 Å². The van der Waals surface area contributed by atoms with Crippen LogP contribution in [0.15, 0.2) is 18.2 Å². The van der Waals surface area contributed by atoms with Crippen LogP contribution in [0, 0.1) is 0 Å². The zero-order valence-corrected chi connectivity index (χ0v) is 10.8. The van der Waals surface area contributed by atoms with Gasteiger partial charge in [0.1, 0.15) is 6.61 Å². The van der Waals surface area contributed by atoms with Gasteiger partial charge in [-0.1, -0.05) is 0 Å². The highest BCUT2D eigenvalue weighted by atomic mass is 16.5. The third kappa shape index (κ3) is 4.18. The molecule has 1 aromatic carbocycles. The summed E-state index contributed by atoms with van der Waals surface area (Å²) in [4.78, 5) is 11.2. The minimum atomic E-state index is -0.569. The van der Waals surface area contributed by atoms with E-state index in [0.29, 0.717) is 5.56 Å². The molecular weight excluding hydrogens is 252 g/mol. The van der Waals surface area contributed by atoms with Gasteiger partial charge in [0.15, 0.2) is 11.5 Å². The molecule has 0 aliphatic carbocycles. The normalized spacial score (nSPS) is 10.5. The molecule has 0 radical (unpaired) electrons. The first-order valence-electron chi connectivity index (χ1n) is 5.53. The van der Waals surface area contributed by atoms with Crippen LogP contribution in [-0.2, 0) is 9.53 Å². The molecule has 0 fully saturated rings. The number of rotatable bonds is 6. The predicted octanol–water partition coefficient (Wildman–Crippen LogP) is 0.958. The molecule has 0 saturated heterocycles. The molecule has 19 heavy (non-hydrogen) atoms. The molecule has 0 aromatic heterocycles. The third-order valence-electron chi connectivity index (χ3n) is 2.25. The number of hydrogen-bond acceptors (Lipinski definition) is 6. The van der Waals surface area contributed by atoms with Crippen molar-refractivity contribution in [1.29, 1.82) is 0 Å². The largest absolute Gasteiger partial charge is 0.502 e. The number of aromatic hydroxyl groups is 1. The number of ether oxygens (including phenoxy) is 3. The molecule has 0 amide bonds. The van der Waals surface area contributed by atoms with E-state index in [-0.39, 0.29) is 30.5 Å². The van der Waals surface area contributed by atoms with E-state index in [9.17, 15) is 9.90 Å². The fourth-order valence-electron chi connectivity index (χ4n) is 1.37. The van der Waals surface area contributed by atoms with Crippen molar-refractivity contribution in [3.8, 4) is 17.2 Å². The molecule has 2 N–H and O–H groups in total. The quantitative estimate of drug-likeness (QED) is 0.590. The van der Waals surface area contributed by atoms with Gasteiger partial charge in [0.05, 0.1) is 20.8 Å². The van der Waals surface area contributed by atoms with Crippen molar-refractivity contribution in [2.75, 3.05) is 27.4 Å². The predicted molar refractivity (Wildman–Crippen MR) is 68.3 cm³/mol. The maximum atomic E-state index is 11.2. The number of aliphatic hydroxyl groups excluding tert-OH is 1. The van der Waals surface area contributed by atoms with Crippen LogP contribution >= 0.6 is 0 Å². The molecule has 0 aliphatic rings. The lowest BCUT2D eigenvalue weighted by Gasteiger charge is -2.09. The lowest BCUT2D eigenvalue weighted by atomic mass is 10.1. The second-order valence-electron chi connectivity index (χ2n) is 3.50. The van der Waals surface area contributed by atoms with E-state index in [1.807, 2.05) is 0 Å². The number of phenols is 1. The molecule has 0 unspecified atom stereocenters. The molecule has 1 rings (SSSR count). The van der Waals surface area contributed by atoms with E-state index in [1.54, 1.807) is 12.1 Å². The molecular formula is C13H16O6. The Labute approximate surface area is 110 Å². The van der Waals surface area contributed by atoms with Gasteiger partial charge in [0.2, 0.25) is 5.75 Å². The van der Waals surface area contributed by atoms with Crippen molar-refractivity contribution in [3.63, 3.8) is 0 Å². The molecule has 104 valence electrons. The summed E-state index contributed by atoms with van der Waals surface area (Å²) < 4.78 is 14.6. The van der Waals surface area contributed by atoms with E-state index in [2.05, 4.69) is 4.74 Å². The lowest BCUT2D eigenvalue weighted by molar-refractivity contribution is -0.138. The zero-order chi connectivity index (χ0) is 14.3. The summed E-state index contributed by atoms with van der Waals surface area (Å²) in [5, 5.41) is 18.2. The van der Waals surface area contributed by atoms with Gasteiger partial charge in [0.25, 0.3) is 0 Å². The summed E-state index contributed by atoms with van der Waals surface area (Å²) in [5.41, 5.74) is 0.604. The lowest BCUT2D eigenvalue weighted by Crippen LogP contribution is -2.04. The Morgan fingerprint density at radius 2 is 1.84 bits per heavy atom. The van der Waals surface area contributed by atoms with Crippen LogP contribution < -0.4 is 9.47 Å². The van der Waals surface area contributed by atoms with Crippen molar-refractivity contribution in [2.24, 2.45) is 0 Å². The number of methoxy groups -OCH3 is 2. The number of aliphatic hydroxyl groups is 1. The summed E-state index contributed by atoms with van der Waals surface area (Å²) in [6.07, 6.45) is 2.70. The fraction of sp³-hybridized carbons (Fsp3) is 0.308. The highest BCUT2D eigenvalue weighted by Gasteiger charge is 2.10. The molecule has 6 heteroatoms. The average molecular weight is 268 g/mol. The van der Waals surface area contributed by atoms with E-state index in [1.165, 1.54) is 26.4 Å². The fourth-order valence-corrected chi connectivity index (χ4v) is 1.37. The van der Waals surface area contributed by atoms with Gasteiger partial charge in [0, 0.05) is 6.08 Å². The first-order valence-corrected chi connectivity index (χ1v) is 5.53. The third-order valence-corrected chi connectivity index (χ3v) is 2.25. The van der Waals surface area contributed by atoms with Gasteiger partial charge in [-0.3, -0.25) is 0 Å². The molecule has 0 saturated carbocycles. The Kier molecular flexibility index (Phi) is 5.69. The molecule has 0 aliphatic heterocycles. The van der Waals surface area contributed by atoms with Crippen molar-refractivity contribution < 1.29 is 29.2 Å². The number of benzene rings is 1. The average Bonchev–Trinajstić information content (AvgIpc) is 2.43. The van der Waals surface area contributed by atoms with Crippen LogP contribution in [0.25, 0.3) is 6.08 Å². The van der Waals surface area contributed by atoms with Gasteiger partial charge >= 0.3 is 5.97 Å². The van der Waals surface area contributed by atoms with Crippen LogP contribution in [-0.4, -0.2) is 43.6 Å². The second-order valence-corrected chi connectivity index (χ2v) is 3.50. The van der Waals surface area contributed by atoms with Gasteiger partial charge in [-0.2, -0.15) is 0 Å². The molecule has 0 heterocycles. The monoisotopic (exact) mass is 268 g/mol. The first-order chi connectivity index (χ1) is 9.12. The minimum absolute atomic E-state index is 0.0502. The molecule has 1 aromatic rings. The summed E-state index contributed by atoms with van der Waals surface area (Å²) in [6.45, 7) is -0.272. The van der Waals surface area contributed by atoms with E-state index < -0.39 is 5.97 Å². The van der Waals surface area contributed by atoms with E-state index >= 15 is 0 Å². The number of phenolic OH excluding ortho intramolecular Hbond substituents is 1.